The van der Waals surface area contributed by atoms with Crippen molar-refractivity contribution in [3.8, 4) is 17.4 Å². The lowest BCUT2D eigenvalue weighted by molar-refractivity contribution is 0.0895. The highest BCUT2D eigenvalue weighted by atomic mass is 16.5. The molecular weight excluding hydrogens is 254 g/mol. The Bertz CT molecular complexity index is 651. The fourth-order valence-corrected chi connectivity index (χ4v) is 2.22. The topological polar surface area (TPSA) is 78.9 Å². The zero-order valence-electron chi connectivity index (χ0n) is 10.7. The van der Waals surface area contributed by atoms with Crippen LogP contribution in [0.1, 0.15) is 23.3 Å². The van der Waals surface area contributed by atoms with Crippen molar-refractivity contribution in [2.75, 3.05) is 0 Å². The molecule has 1 heterocycles. The van der Waals surface area contributed by atoms with Crippen molar-refractivity contribution in [1.82, 2.24) is 10.5 Å². The second-order valence-corrected chi connectivity index (χ2v) is 4.91. The molecule has 1 fully saturated rings. The molecule has 100 valence electrons. The summed E-state index contributed by atoms with van der Waals surface area (Å²) in [6, 6.07) is 13.4. The minimum absolute atomic E-state index is 0.0671. The first-order valence-electron chi connectivity index (χ1n) is 6.49. The standard InChI is InChI=1S/C15H13N3O2/c16-9-10-6-12(7-10)17-15(19)13-8-14(20-18-13)11-4-2-1-3-5-11/h1-5,8,10,12H,6-7H2,(H,17,19). The summed E-state index contributed by atoms with van der Waals surface area (Å²) in [7, 11) is 0. The first-order chi connectivity index (χ1) is 9.76. The van der Waals surface area contributed by atoms with Gasteiger partial charge in [-0.1, -0.05) is 35.5 Å². The summed E-state index contributed by atoms with van der Waals surface area (Å²) in [5.74, 6) is 0.383. The van der Waals surface area contributed by atoms with Gasteiger partial charge in [0.15, 0.2) is 11.5 Å². The van der Waals surface area contributed by atoms with Gasteiger partial charge in [-0.3, -0.25) is 4.79 Å². The summed E-state index contributed by atoms with van der Waals surface area (Å²) < 4.78 is 5.18. The highest BCUT2D eigenvalue weighted by molar-refractivity contribution is 5.93. The molecule has 0 radical (unpaired) electrons. The number of nitrogens with one attached hydrogen (secondary N) is 1. The number of nitrogens with zero attached hydrogens (tertiary/aromatic N) is 2. The molecule has 0 saturated heterocycles. The smallest absolute Gasteiger partial charge is 0.273 e. The zero-order valence-corrected chi connectivity index (χ0v) is 10.7. The summed E-state index contributed by atoms with van der Waals surface area (Å²) in [5, 5.41) is 15.3. The van der Waals surface area contributed by atoms with Gasteiger partial charge in [-0.05, 0) is 12.8 Å². The Hall–Kier alpha value is -2.61. The number of rotatable bonds is 3. The van der Waals surface area contributed by atoms with Gasteiger partial charge in [0, 0.05) is 17.7 Å². The fourth-order valence-electron chi connectivity index (χ4n) is 2.22. The van der Waals surface area contributed by atoms with Gasteiger partial charge in [-0.15, -0.1) is 0 Å². The van der Waals surface area contributed by atoms with Crippen LogP contribution in [0.15, 0.2) is 40.9 Å². The molecule has 1 aliphatic carbocycles. The second-order valence-electron chi connectivity index (χ2n) is 4.91. The lowest BCUT2D eigenvalue weighted by atomic mass is 9.81. The monoisotopic (exact) mass is 267 g/mol. The quantitative estimate of drug-likeness (QED) is 0.925. The van der Waals surface area contributed by atoms with E-state index in [0.717, 1.165) is 5.56 Å². The summed E-state index contributed by atoms with van der Waals surface area (Å²) >= 11 is 0. The van der Waals surface area contributed by atoms with E-state index in [4.69, 9.17) is 9.78 Å². The predicted molar refractivity (Wildman–Crippen MR) is 71.5 cm³/mol. The summed E-state index contributed by atoms with van der Waals surface area (Å²) in [4.78, 5) is 12.0. The Morgan fingerprint density at radius 1 is 1.35 bits per heavy atom. The molecule has 5 nitrogen and oxygen atoms in total. The van der Waals surface area contributed by atoms with Gasteiger partial charge >= 0.3 is 0 Å². The lowest BCUT2D eigenvalue weighted by Crippen LogP contribution is -2.43. The van der Waals surface area contributed by atoms with Crippen molar-refractivity contribution in [1.29, 1.82) is 5.26 Å². The predicted octanol–water partition coefficient (Wildman–Crippen LogP) is 2.37. The first-order valence-corrected chi connectivity index (χ1v) is 6.49. The highest BCUT2D eigenvalue weighted by Crippen LogP contribution is 2.27. The van der Waals surface area contributed by atoms with Crippen LogP contribution in [0.2, 0.25) is 0 Å². The molecule has 0 atom stereocenters. The molecule has 20 heavy (non-hydrogen) atoms. The van der Waals surface area contributed by atoms with Crippen LogP contribution in [0.25, 0.3) is 11.3 Å². The van der Waals surface area contributed by atoms with E-state index in [9.17, 15) is 4.79 Å². The average Bonchev–Trinajstić information content (AvgIpc) is 2.93. The summed E-state index contributed by atoms with van der Waals surface area (Å²) in [6.45, 7) is 0. The Kier molecular flexibility index (Phi) is 3.21. The third-order valence-corrected chi connectivity index (χ3v) is 3.46. The number of nitriles is 1. The molecule has 1 N–H and O–H groups in total. The van der Waals surface area contributed by atoms with Crippen molar-refractivity contribution in [2.24, 2.45) is 5.92 Å². The largest absolute Gasteiger partial charge is 0.355 e. The maximum absolute atomic E-state index is 12.0. The Morgan fingerprint density at radius 2 is 2.10 bits per heavy atom. The number of benzene rings is 1. The molecule has 3 rings (SSSR count). The second kappa shape index (κ2) is 5.17. The molecule has 1 aliphatic rings. The summed E-state index contributed by atoms with van der Waals surface area (Å²) in [6.07, 6.45) is 1.43. The normalized spacial score (nSPS) is 20.8. The molecule has 1 aromatic heterocycles. The van der Waals surface area contributed by atoms with Crippen LogP contribution in [0.4, 0.5) is 0 Å². The minimum Gasteiger partial charge on any atom is -0.355 e. The molecule has 0 aliphatic heterocycles. The van der Waals surface area contributed by atoms with E-state index in [0.29, 0.717) is 18.6 Å². The summed E-state index contributed by atoms with van der Waals surface area (Å²) in [5.41, 5.74) is 1.15. The van der Waals surface area contributed by atoms with E-state index >= 15 is 0 Å². The van der Waals surface area contributed by atoms with E-state index in [-0.39, 0.29) is 23.6 Å². The number of hydrogen-bond acceptors (Lipinski definition) is 4. The Morgan fingerprint density at radius 3 is 2.80 bits per heavy atom. The minimum atomic E-state index is -0.252. The molecule has 1 saturated carbocycles. The number of aromatic nitrogens is 1. The van der Waals surface area contributed by atoms with Crippen molar-refractivity contribution >= 4 is 5.91 Å². The lowest BCUT2D eigenvalue weighted by Gasteiger charge is -2.30. The Labute approximate surface area is 116 Å². The molecular formula is C15H13N3O2. The van der Waals surface area contributed by atoms with Crippen LogP contribution >= 0.6 is 0 Å². The van der Waals surface area contributed by atoms with Gasteiger partial charge in [-0.2, -0.15) is 5.26 Å². The van der Waals surface area contributed by atoms with Crippen LogP contribution in [-0.4, -0.2) is 17.1 Å². The molecule has 1 amide bonds. The van der Waals surface area contributed by atoms with Gasteiger partial charge in [0.25, 0.3) is 5.91 Å². The van der Waals surface area contributed by atoms with Gasteiger partial charge in [0.05, 0.1) is 12.0 Å². The van der Waals surface area contributed by atoms with Crippen LogP contribution in [0.3, 0.4) is 0 Å². The third-order valence-electron chi connectivity index (χ3n) is 3.46. The molecule has 0 spiro atoms. The maximum Gasteiger partial charge on any atom is 0.273 e. The molecule has 2 aromatic rings. The number of amides is 1. The molecule has 0 bridgehead atoms. The van der Waals surface area contributed by atoms with Crippen molar-refractivity contribution in [3.63, 3.8) is 0 Å². The van der Waals surface area contributed by atoms with E-state index in [1.807, 2.05) is 30.3 Å². The molecule has 5 heteroatoms. The van der Waals surface area contributed by atoms with Gasteiger partial charge < -0.3 is 9.84 Å². The average molecular weight is 267 g/mol. The number of carbonyl (C=O) groups is 1. The first kappa shape index (κ1) is 12.4. The van der Waals surface area contributed by atoms with Gasteiger partial charge in [-0.25, -0.2) is 0 Å². The van der Waals surface area contributed by atoms with E-state index in [1.165, 1.54) is 0 Å². The van der Waals surface area contributed by atoms with Crippen LogP contribution in [0, 0.1) is 17.2 Å². The zero-order chi connectivity index (χ0) is 13.9. The van der Waals surface area contributed by atoms with E-state index < -0.39 is 0 Å². The van der Waals surface area contributed by atoms with Crippen LogP contribution in [-0.2, 0) is 0 Å². The van der Waals surface area contributed by atoms with Crippen LogP contribution < -0.4 is 5.32 Å². The SMILES string of the molecule is N#CC1CC(NC(=O)c2cc(-c3ccccc3)on2)C1. The van der Waals surface area contributed by atoms with Gasteiger partial charge in [0.2, 0.25) is 0 Å². The van der Waals surface area contributed by atoms with E-state index in [1.54, 1.807) is 6.07 Å². The third kappa shape index (κ3) is 2.41. The van der Waals surface area contributed by atoms with Crippen molar-refractivity contribution < 1.29 is 9.32 Å². The molecule has 0 unspecified atom stereocenters. The number of carbonyl (C=O) groups excluding carboxylic acids is 1. The number of hydrogen-bond donors (Lipinski definition) is 1. The van der Waals surface area contributed by atoms with Gasteiger partial charge in [0.1, 0.15) is 0 Å². The van der Waals surface area contributed by atoms with Crippen molar-refractivity contribution in [3.05, 3.63) is 42.1 Å². The molecule has 1 aromatic carbocycles. The Balaban J connectivity index is 1.65. The van der Waals surface area contributed by atoms with E-state index in [2.05, 4.69) is 16.5 Å². The van der Waals surface area contributed by atoms with Crippen molar-refractivity contribution in [2.45, 2.75) is 18.9 Å². The maximum atomic E-state index is 12.0. The van der Waals surface area contributed by atoms with Crippen LogP contribution in [0.5, 0.6) is 0 Å². The fraction of sp³-hybridized carbons (Fsp3) is 0.267. The highest BCUT2D eigenvalue weighted by Gasteiger charge is 2.30.